The topological polar surface area (TPSA) is 103 Å². The quantitative estimate of drug-likeness (QED) is 0.623. The fourth-order valence-corrected chi connectivity index (χ4v) is 3.27. The van der Waals surface area contributed by atoms with Gasteiger partial charge in [0.05, 0.1) is 31.9 Å². The number of sulfonamides is 1. The van der Waals surface area contributed by atoms with E-state index in [-0.39, 0.29) is 11.6 Å². The molecular weight excluding hydrogens is 368 g/mol. The number of hydrogen-bond acceptors (Lipinski definition) is 7. The van der Waals surface area contributed by atoms with Crippen LogP contribution in [-0.4, -0.2) is 43.3 Å². The summed E-state index contributed by atoms with van der Waals surface area (Å²) in [7, 11) is -0.437. The molecule has 3 rings (SSSR count). The number of methoxy groups -OCH3 is 2. The normalized spacial score (nSPS) is 11.2. The summed E-state index contributed by atoms with van der Waals surface area (Å²) in [5.41, 5.74) is 2.31. The Bertz CT molecular complexity index is 1100. The van der Waals surface area contributed by atoms with Crippen molar-refractivity contribution in [1.82, 2.24) is 15.0 Å². The van der Waals surface area contributed by atoms with Crippen LogP contribution in [0.4, 0.5) is 5.82 Å². The van der Waals surface area contributed by atoms with Crippen molar-refractivity contribution in [2.24, 2.45) is 0 Å². The van der Waals surface area contributed by atoms with Gasteiger partial charge in [-0.1, -0.05) is 6.08 Å². The highest BCUT2D eigenvalue weighted by Gasteiger charge is 2.12. The first-order valence-corrected chi connectivity index (χ1v) is 9.58. The molecule has 0 atom stereocenters. The summed E-state index contributed by atoms with van der Waals surface area (Å²) in [4.78, 5) is 12.9. The van der Waals surface area contributed by atoms with Gasteiger partial charge in [0.1, 0.15) is 5.52 Å². The standard InChI is InChI=1S/C18H18N4O4S/c1-4-9-27(23,24)22-17-11-19-14-7-6-13(20-18(14)21-17)12-5-8-15(25-2)16(10-12)26-3/h4-8,10-11H,1,9H2,2-3H3,(H,20,21,22). The lowest BCUT2D eigenvalue weighted by molar-refractivity contribution is 0.355. The van der Waals surface area contributed by atoms with E-state index in [4.69, 9.17) is 9.47 Å². The average molecular weight is 386 g/mol. The van der Waals surface area contributed by atoms with Crippen molar-refractivity contribution < 1.29 is 17.9 Å². The Morgan fingerprint density at radius 3 is 2.59 bits per heavy atom. The van der Waals surface area contributed by atoms with Gasteiger partial charge in [0, 0.05) is 5.56 Å². The molecule has 0 amide bonds. The van der Waals surface area contributed by atoms with Gasteiger partial charge < -0.3 is 9.47 Å². The molecule has 0 bridgehead atoms. The van der Waals surface area contributed by atoms with E-state index in [2.05, 4.69) is 26.3 Å². The van der Waals surface area contributed by atoms with Crippen LogP contribution in [0.25, 0.3) is 22.4 Å². The summed E-state index contributed by atoms with van der Waals surface area (Å²) in [5, 5.41) is 0. The van der Waals surface area contributed by atoms with Crippen LogP contribution in [0.2, 0.25) is 0 Å². The maximum absolute atomic E-state index is 11.9. The maximum atomic E-state index is 11.9. The number of rotatable bonds is 7. The van der Waals surface area contributed by atoms with Gasteiger partial charge in [0.2, 0.25) is 10.0 Å². The predicted octanol–water partition coefficient (Wildman–Crippen LogP) is 2.64. The van der Waals surface area contributed by atoms with Crippen LogP contribution >= 0.6 is 0 Å². The number of hydrogen-bond donors (Lipinski definition) is 1. The fourth-order valence-electron chi connectivity index (χ4n) is 2.46. The Kier molecular flexibility index (Phi) is 5.22. The van der Waals surface area contributed by atoms with E-state index in [0.29, 0.717) is 28.4 Å². The zero-order valence-corrected chi connectivity index (χ0v) is 15.7. The van der Waals surface area contributed by atoms with E-state index in [1.54, 1.807) is 38.5 Å². The molecule has 0 aliphatic rings. The number of nitrogens with one attached hydrogen (secondary N) is 1. The Balaban J connectivity index is 2.00. The SMILES string of the molecule is C=CCS(=O)(=O)Nc1cnc2ccc(-c3ccc(OC)c(OC)c3)nc2n1. The Hall–Kier alpha value is -3.20. The second-order valence-corrected chi connectivity index (χ2v) is 7.30. The number of pyridine rings is 1. The molecule has 9 heteroatoms. The highest BCUT2D eigenvalue weighted by molar-refractivity contribution is 7.92. The Morgan fingerprint density at radius 1 is 1.11 bits per heavy atom. The van der Waals surface area contributed by atoms with Crippen molar-refractivity contribution in [2.45, 2.75) is 0 Å². The highest BCUT2D eigenvalue weighted by atomic mass is 32.2. The third-order valence-electron chi connectivity index (χ3n) is 3.68. The smallest absolute Gasteiger partial charge is 0.237 e. The monoisotopic (exact) mass is 386 g/mol. The fraction of sp³-hybridized carbons (Fsp3) is 0.167. The van der Waals surface area contributed by atoms with Crippen molar-refractivity contribution in [3.63, 3.8) is 0 Å². The zero-order valence-electron chi connectivity index (χ0n) is 14.8. The number of nitrogens with zero attached hydrogens (tertiary/aromatic N) is 3. The molecule has 140 valence electrons. The number of ether oxygens (including phenoxy) is 2. The molecule has 0 aliphatic heterocycles. The summed E-state index contributed by atoms with van der Waals surface area (Å²) in [6.45, 7) is 3.42. The minimum Gasteiger partial charge on any atom is -0.493 e. The van der Waals surface area contributed by atoms with Gasteiger partial charge >= 0.3 is 0 Å². The maximum Gasteiger partial charge on any atom is 0.237 e. The molecular formula is C18H18N4O4S. The lowest BCUT2D eigenvalue weighted by Gasteiger charge is -2.10. The molecule has 2 heterocycles. The second-order valence-electron chi connectivity index (χ2n) is 5.54. The summed E-state index contributed by atoms with van der Waals surface area (Å²) < 4.78 is 36.6. The molecule has 1 aromatic carbocycles. The van der Waals surface area contributed by atoms with Gasteiger partial charge in [-0.25, -0.2) is 23.4 Å². The molecule has 27 heavy (non-hydrogen) atoms. The van der Waals surface area contributed by atoms with Crippen LogP contribution in [0.1, 0.15) is 0 Å². The predicted molar refractivity (Wildman–Crippen MR) is 103 cm³/mol. The van der Waals surface area contributed by atoms with E-state index in [1.807, 2.05) is 6.07 Å². The highest BCUT2D eigenvalue weighted by Crippen LogP contribution is 2.32. The lowest BCUT2D eigenvalue weighted by Crippen LogP contribution is -2.16. The minimum absolute atomic E-state index is 0.0984. The molecule has 0 saturated carbocycles. The third kappa shape index (κ3) is 4.14. The van der Waals surface area contributed by atoms with Gasteiger partial charge in [-0.15, -0.1) is 6.58 Å². The molecule has 0 aliphatic carbocycles. The Labute approximate surface area is 157 Å². The number of aromatic nitrogens is 3. The molecule has 0 saturated heterocycles. The van der Waals surface area contributed by atoms with Crippen molar-refractivity contribution in [1.29, 1.82) is 0 Å². The third-order valence-corrected chi connectivity index (χ3v) is 4.88. The van der Waals surface area contributed by atoms with Crippen LogP contribution < -0.4 is 14.2 Å². The lowest BCUT2D eigenvalue weighted by atomic mass is 10.1. The van der Waals surface area contributed by atoms with Crippen LogP contribution in [0.3, 0.4) is 0 Å². The molecule has 0 unspecified atom stereocenters. The second kappa shape index (κ2) is 7.58. The minimum atomic E-state index is -3.56. The molecule has 1 N–H and O–H groups in total. The van der Waals surface area contributed by atoms with E-state index in [9.17, 15) is 8.42 Å². The molecule has 0 spiro atoms. The summed E-state index contributed by atoms with van der Waals surface area (Å²) in [5.74, 6) is 1.07. The largest absolute Gasteiger partial charge is 0.493 e. The first-order valence-electron chi connectivity index (χ1n) is 7.93. The zero-order chi connectivity index (χ0) is 19.4. The van der Waals surface area contributed by atoms with Crippen molar-refractivity contribution >= 4 is 27.0 Å². The van der Waals surface area contributed by atoms with E-state index >= 15 is 0 Å². The van der Waals surface area contributed by atoms with Crippen molar-refractivity contribution in [2.75, 3.05) is 24.7 Å². The van der Waals surface area contributed by atoms with Crippen LogP contribution in [0.5, 0.6) is 11.5 Å². The summed E-state index contributed by atoms with van der Waals surface area (Å²) >= 11 is 0. The van der Waals surface area contributed by atoms with Crippen molar-refractivity contribution in [3.8, 4) is 22.8 Å². The number of fused-ring (bicyclic) bond motifs is 1. The van der Waals surface area contributed by atoms with Gasteiger partial charge in [0.15, 0.2) is 23.0 Å². The van der Waals surface area contributed by atoms with E-state index in [1.165, 1.54) is 12.3 Å². The number of benzene rings is 1. The van der Waals surface area contributed by atoms with Gasteiger partial charge in [-0.2, -0.15) is 0 Å². The van der Waals surface area contributed by atoms with Crippen LogP contribution in [-0.2, 0) is 10.0 Å². The summed E-state index contributed by atoms with van der Waals surface area (Å²) in [6.07, 6.45) is 2.64. The van der Waals surface area contributed by atoms with Gasteiger partial charge in [0.25, 0.3) is 0 Å². The van der Waals surface area contributed by atoms with Gasteiger partial charge in [-0.05, 0) is 30.3 Å². The van der Waals surface area contributed by atoms with Crippen molar-refractivity contribution in [3.05, 3.63) is 49.2 Å². The van der Waals surface area contributed by atoms with E-state index < -0.39 is 10.0 Å². The van der Waals surface area contributed by atoms with Crippen LogP contribution in [0.15, 0.2) is 49.2 Å². The first-order chi connectivity index (χ1) is 13.0. The Morgan fingerprint density at radius 2 is 1.89 bits per heavy atom. The average Bonchev–Trinajstić information content (AvgIpc) is 2.66. The van der Waals surface area contributed by atoms with Crippen LogP contribution in [0, 0.1) is 0 Å². The molecule has 2 aromatic heterocycles. The van der Waals surface area contributed by atoms with E-state index in [0.717, 1.165) is 5.56 Å². The van der Waals surface area contributed by atoms with Gasteiger partial charge in [-0.3, -0.25) is 4.72 Å². The molecule has 8 nitrogen and oxygen atoms in total. The number of anilines is 1. The first kappa shape index (κ1) is 18.6. The summed E-state index contributed by atoms with van der Waals surface area (Å²) in [6, 6.07) is 9.01. The molecule has 0 radical (unpaired) electrons. The molecule has 0 fully saturated rings. The molecule has 3 aromatic rings.